The highest BCUT2D eigenvalue weighted by atomic mass is 19.2. The molecule has 0 aliphatic carbocycles. The minimum atomic E-state index is -0.911. The van der Waals surface area contributed by atoms with Crippen molar-refractivity contribution in [2.45, 2.75) is 6.42 Å². The smallest absolute Gasteiger partial charge is 0.231 e. The molecule has 106 valence electrons. The van der Waals surface area contributed by atoms with Crippen LogP contribution in [0.3, 0.4) is 0 Å². The number of benzene rings is 2. The van der Waals surface area contributed by atoms with Gasteiger partial charge in [0.05, 0.1) is 6.42 Å². The van der Waals surface area contributed by atoms with Gasteiger partial charge in [-0.3, -0.25) is 0 Å². The second-order valence-corrected chi connectivity index (χ2v) is 4.48. The zero-order valence-electron chi connectivity index (χ0n) is 10.8. The summed E-state index contributed by atoms with van der Waals surface area (Å²) in [4.78, 5) is 4.18. The minimum Gasteiger partial charge on any atom is -0.508 e. The Bertz CT molecular complexity index is 770. The van der Waals surface area contributed by atoms with Crippen molar-refractivity contribution in [2.75, 3.05) is 0 Å². The molecule has 0 aliphatic heterocycles. The van der Waals surface area contributed by atoms with E-state index in [1.807, 2.05) is 0 Å². The normalized spacial score (nSPS) is 10.8. The van der Waals surface area contributed by atoms with Gasteiger partial charge in [0.15, 0.2) is 11.6 Å². The van der Waals surface area contributed by atoms with Crippen molar-refractivity contribution in [3.05, 3.63) is 65.6 Å². The SMILES string of the molecule is Oc1ccc(-c2noc(Cc3ccc(F)c(F)c3)n2)cc1. The lowest BCUT2D eigenvalue weighted by Crippen LogP contribution is -1.92. The van der Waals surface area contributed by atoms with E-state index in [0.29, 0.717) is 22.8 Å². The molecule has 0 fully saturated rings. The van der Waals surface area contributed by atoms with E-state index in [2.05, 4.69) is 10.1 Å². The van der Waals surface area contributed by atoms with E-state index in [-0.39, 0.29) is 12.2 Å². The summed E-state index contributed by atoms with van der Waals surface area (Å²) in [5.74, 6) is -0.999. The van der Waals surface area contributed by atoms with Gasteiger partial charge in [-0.25, -0.2) is 8.78 Å². The predicted octanol–water partition coefficient (Wildman–Crippen LogP) is 3.31. The fourth-order valence-corrected chi connectivity index (χ4v) is 1.88. The first-order valence-electron chi connectivity index (χ1n) is 6.18. The number of rotatable bonds is 3. The number of hydrogen-bond donors (Lipinski definition) is 1. The van der Waals surface area contributed by atoms with Gasteiger partial charge < -0.3 is 9.63 Å². The van der Waals surface area contributed by atoms with Crippen LogP contribution in [0.15, 0.2) is 47.0 Å². The number of nitrogens with zero attached hydrogens (tertiary/aromatic N) is 2. The second-order valence-electron chi connectivity index (χ2n) is 4.48. The van der Waals surface area contributed by atoms with Gasteiger partial charge in [-0.05, 0) is 42.0 Å². The predicted molar refractivity (Wildman–Crippen MR) is 70.6 cm³/mol. The maximum absolute atomic E-state index is 13.1. The average molecular weight is 288 g/mol. The van der Waals surface area contributed by atoms with Crippen LogP contribution < -0.4 is 0 Å². The molecule has 0 saturated heterocycles. The molecule has 3 aromatic rings. The van der Waals surface area contributed by atoms with Crippen molar-refractivity contribution < 1.29 is 18.4 Å². The van der Waals surface area contributed by atoms with Crippen LogP contribution >= 0.6 is 0 Å². The van der Waals surface area contributed by atoms with Crippen molar-refractivity contribution >= 4 is 0 Å². The number of aromatic nitrogens is 2. The Morgan fingerprint density at radius 3 is 2.48 bits per heavy atom. The van der Waals surface area contributed by atoms with Crippen molar-refractivity contribution in [1.29, 1.82) is 0 Å². The minimum absolute atomic E-state index is 0.143. The Balaban J connectivity index is 1.81. The Labute approximate surface area is 118 Å². The summed E-state index contributed by atoms with van der Waals surface area (Å²) in [5.41, 5.74) is 1.22. The first kappa shape index (κ1) is 13.2. The molecule has 4 nitrogen and oxygen atoms in total. The van der Waals surface area contributed by atoms with Crippen LogP contribution in [-0.2, 0) is 6.42 Å². The Kier molecular flexibility index (Phi) is 3.35. The summed E-state index contributed by atoms with van der Waals surface area (Å²) in [7, 11) is 0. The third-order valence-electron chi connectivity index (χ3n) is 2.93. The molecule has 21 heavy (non-hydrogen) atoms. The summed E-state index contributed by atoms with van der Waals surface area (Å²) >= 11 is 0. The summed E-state index contributed by atoms with van der Waals surface area (Å²) < 4.78 is 31.1. The lowest BCUT2D eigenvalue weighted by molar-refractivity contribution is 0.385. The van der Waals surface area contributed by atoms with Gasteiger partial charge in [0.1, 0.15) is 5.75 Å². The molecule has 0 amide bonds. The first-order valence-corrected chi connectivity index (χ1v) is 6.18. The molecule has 0 atom stereocenters. The maximum atomic E-state index is 13.1. The van der Waals surface area contributed by atoms with E-state index >= 15 is 0 Å². The van der Waals surface area contributed by atoms with Gasteiger partial charge in [-0.1, -0.05) is 11.2 Å². The molecule has 6 heteroatoms. The van der Waals surface area contributed by atoms with Gasteiger partial charge in [-0.2, -0.15) is 4.98 Å². The van der Waals surface area contributed by atoms with Crippen LogP contribution in [-0.4, -0.2) is 15.2 Å². The molecule has 3 rings (SSSR count). The molecule has 0 aliphatic rings. The van der Waals surface area contributed by atoms with E-state index in [0.717, 1.165) is 12.1 Å². The topological polar surface area (TPSA) is 59.2 Å². The lowest BCUT2D eigenvalue weighted by Gasteiger charge is -1.97. The standard InChI is InChI=1S/C15H10F2N2O2/c16-12-6-1-9(7-13(12)17)8-14-18-15(19-21-14)10-2-4-11(20)5-3-10/h1-7,20H,8H2. The number of halogens is 2. The molecule has 1 heterocycles. The highest BCUT2D eigenvalue weighted by Crippen LogP contribution is 2.20. The van der Waals surface area contributed by atoms with E-state index in [9.17, 15) is 13.9 Å². The number of phenols is 1. The monoisotopic (exact) mass is 288 g/mol. The van der Waals surface area contributed by atoms with Gasteiger partial charge in [-0.15, -0.1) is 0 Å². The number of hydrogen-bond acceptors (Lipinski definition) is 4. The molecular weight excluding hydrogens is 278 g/mol. The van der Waals surface area contributed by atoms with E-state index in [1.54, 1.807) is 12.1 Å². The highest BCUT2D eigenvalue weighted by molar-refractivity contribution is 5.55. The molecule has 0 unspecified atom stereocenters. The third-order valence-corrected chi connectivity index (χ3v) is 2.93. The Hall–Kier alpha value is -2.76. The van der Waals surface area contributed by atoms with Crippen molar-refractivity contribution in [1.82, 2.24) is 10.1 Å². The van der Waals surface area contributed by atoms with Crippen LogP contribution in [0.4, 0.5) is 8.78 Å². The first-order chi connectivity index (χ1) is 10.1. The summed E-state index contributed by atoms with van der Waals surface area (Å²) in [5, 5.41) is 13.0. The van der Waals surface area contributed by atoms with Crippen molar-refractivity contribution in [3.63, 3.8) is 0 Å². The third kappa shape index (κ3) is 2.89. The number of aromatic hydroxyl groups is 1. The van der Waals surface area contributed by atoms with E-state index in [1.165, 1.54) is 18.2 Å². The van der Waals surface area contributed by atoms with Gasteiger partial charge in [0.2, 0.25) is 11.7 Å². The van der Waals surface area contributed by atoms with Crippen molar-refractivity contribution in [3.8, 4) is 17.1 Å². The van der Waals surface area contributed by atoms with Crippen LogP contribution in [0.25, 0.3) is 11.4 Å². The highest BCUT2D eigenvalue weighted by Gasteiger charge is 2.10. The van der Waals surface area contributed by atoms with E-state index in [4.69, 9.17) is 4.52 Å². The fourth-order valence-electron chi connectivity index (χ4n) is 1.88. The number of phenolic OH excluding ortho intramolecular Hbond substituents is 1. The molecule has 0 saturated carbocycles. The molecule has 0 bridgehead atoms. The molecule has 1 aromatic heterocycles. The van der Waals surface area contributed by atoms with Gasteiger partial charge >= 0.3 is 0 Å². The van der Waals surface area contributed by atoms with Crippen LogP contribution in [0.2, 0.25) is 0 Å². The summed E-state index contributed by atoms with van der Waals surface area (Å²) in [6.07, 6.45) is 0.211. The molecular formula is C15H10F2N2O2. The summed E-state index contributed by atoms with van der Waals surface area (Å²) in [6.45, 7) is 0. The average Bonchev–Trinajstić information content (AvgIpc) is 2.92. The Morgan fingerprint density at radius 1 is 1.00 bits per heavy atom. The quantitative estimate of drug-likeness (QED) is 0.803. The fraction of sp³-hybridized carbons (Fsp3) is 0.0667. The molecule has 2 aromatic carbocycles. The van der Waals surface area contributed by atoms with Crippen molar-refractivity contribution in [2.24, 2.45) is 0 Å². The Morgan fingerprint density at radius 2 is 1.76 bits per heavy atom. The maximum Gasteiger partial charge on any atom is 0.231 e. The molecule has 0 spiro atoms. The largest absolute Gasteiger partial charge is 0.508 e. The van der Waals surface area contributed by atoms with Crippen LogP contribution in [0.1, 0.15) is 11.5 Å². The summed E-state index contributed by atoms with van der Waals surface area (Å²) in [6, 6.07) is 9.95. The molecule has 1 N–H and O–H groups in total. The second kappa shape index (κ2) is 5.32. The van der Waals surface area contributed by atoms with Gasteiger partial charge in [0, 0.05) is 5.56 Å². The van der Waals surface area contributed by atoms with Crippen LogP contribution in [0, 0.1) is 11.6 Å². The van der Waals surface area contributed by atoms with Gasteiger partial charge in [0.25, 0.3) is 0 Å². The zero-order chi connectivity index (χ0) is 14.8. The lowest BCUT2D eigenvalue weighted by atomic mass is 10.1. The van der Waals surface area contributed by atoms with Crippen LogP contribution in [0.5, 0.6) is 5.75 Å². The zero-order valence-corrected chi connectivity index (χ0v) is 10.8. The van der Waals surface area contributed by atoms with E-state index < -0.39 is 11.6 Å². The molecule has 0 radical (unpaired) electrons.